The first-order valence-corrected chi connectivity index (χ1v) is 23.2. The van der Waals surface area contributed by atoms with Crippen molar-refractivity contribution in [1.29, 1.82) is 0 Å². The quantitative estimate of drug-likeness (QED) is 0.0747. The van der Waals surface area contributed by atoms with Crippen molar-refractivity contribution >= 4 is 5.91 Å². The number of nitrogens with zero attached hydrogens (tertiary/aromatic N) is 1. The second-order valence-corrected chi connectivity index (χ2v) is 20.0. The summed E-state index contributed by atoms with van der Waals surface area (Å²) in [5.74, 6) is 5.74. The number of carbonyl (C=O) groups excluding carboxylic acids is 1. The van der Waals surface area contributed by atoms with Crippen molar-refractivity contribution in [2.24, 2.45) is 46.3 Å². The molecule has 0 bridgehead atoms. The van der Waals surface area contributed by atoms with E-state index in [0.29, 0.717) is 22.7 Å². The van der Waals surface area contributed by atoms with Crippen LogP contribution < -0.4 is 5.32 Å². The van der Waals surface area contributed by atoms with Crippen LogP contribution in [0.4, 0.5) is 0 Å². The molecular weight excluding hydrogens is 609 g/mol. The molecule has 50 heavy (non-hydrogen) atoms. The van der Waals surface area contributed by atoms with E-state index >= 15 is 0 Å². The van der Waals surface area contributed by atoms with Crippen LogP contribution in [-0.2, 0) is 4.79 Å². The van der Waals surface area contributed by atoms with Gasteiger partial charge in [0.05, 0.1) is 27.2 Å². The smallest absolute Gasteiger partial charge is 0.220 e. The van der Waals surface area contributed by atoms with Crippen molar-refractivity contribution in [2.45, 2.75) is 214 Å². The summed E-state index contributed by atoms with van der Waals surface area (Å²) in [6, 6.07) is 0. The fraction of sp³-hybridized carbons (Fsp3) is 0.979. The molecule has 4 aliphatic carbocycles. The van der Waals surface area contributed by atoms with Gasteiger partial charge in [-0.05, 0) is 117 Å². The van der Waals surface area contributed by atoms with Gasteiger partial charge in [0.15, 0.2) is 0 Å². The Morgan fingerprint density at radius 2 is 1.24 bits per heavy atom. The van der Waals surface area contributed by atoms with Crippen LogP contribution in [0.15, 0.2) is 0 Å². The molecule has 1 amide bonds. The van der Waals surface area contributed by atoms with Gasteiger partial charge in [0, 0.05) is 19.4 Å². The lowest BCUT2D eigenvalue weighted by atomic mass is 9.44. The van der Waals surface area contributed by atoms with Gasteiger partial charge in [-0.1, -0.05) is 130 Å². The monoisotopic (exact) mass is 698 g/mol. The van der Waals surface area contributed by atoms with Crippen molar-refractivity contribution < 1.29 is 9.28 Å². The standard InChI is InChI=1S/C47H88N2O/c1-7-8-9-10-11-12-13-14-15-16-17-18-19-20-21-24-37-49(5,6)38-25-36-48-45(50)32-27-39(2)42-30-31-43-41-29-28-40-26-22-23-34-46(40,3)44(41)33-35-47(42,43)4/h39-44H,7-38H2,1-6H3/p+1/t39-,40?,41+,42-,43+,44+,46+,47-/m1/s1. The zero-order chi connectivity index (χ0) is 35.9. The third-order valence-electron chi connectivity index (χ3n) is 16.0. The molecular formula is C47H89N2O+. The third-order valence-corrected chi connectivity index (χ3v) is 16.0. The SMILES string of the molecule is CCCCCCCCCCCCCCCCCC[N+](C)(C)CCCNC(=O)CC[C@@H](C)[C@H]1CC[C@H]2[C@@H]3CCC4CCCC[C@]4(C)[C@H]3CC[C@]12C. The molecule has 0 aromatic heterocycles. The molecule has 1 N–H and O–H groups in total. The molecule has 0 spiro atoms. The van der Waals surface area contributed by atoms with Crippen molar-refractivity contribution in [2.75, 3.05) is 33.7 Å². The van der Waals surface area contributed by atoms with Crippen LogP contribution in [0.5, 0.6) is 0 Å². The molecule has 292 valence electrons. The summed E-state index contributed by atoms with van der Waals surface area (Å²) in [6.07, 6.45) is 40.7. The Morgan fingerprint density at radius 1 is 0.660 bits per heavy atom. The number of rotatable bonds is 25. The highest BCUT2D eigenvalue weighted by Gasteiger charge is 2.60. The Kier molecular flexibility index (Phi) is 18.0. The number of hydrogen-bond acceptors (Lipinski definition) is 1. The minimum atomic E-state index is 0.298. The van der Waals surface area contributed by atoms with Crippen molar-refractivity contribution in [3.05, 3.63) is 0 Å². The van der Waals surface area contributed by atoms with Gasteiger partial charge in [0.25, 0.3) is 0 Å². The van der Waals surface area contributed by atoms with Crippen molar-refractivity contribution in [3.8, 4) is 0 Å². The second kappa shape index (κ2) is 21.4. The van der Waals surface area contributed by atoms with Gasteiger partial charge in [-0.15, -0.1) is 0 Å². The fourth-order valence-electron chi connectivity index (χ4n) is 12.9. The summed E-state index contributed by atoms with van der Waals surface area (Å²) >= 11 is 0. The lowest BCUT2D eigenvalue weighted by molar-refractivity contribution is -0.890. The highest BCUT2D eigenvalue weighted by Crippen LogP contribution is 2.68. The Labute approximate surface area is 313 Å². The summed E-state index contributed by atoms with van der Waals surface area (Å²) in [7, 11) is 4.78. The molecule has 4 rings (SSSR count). The number of hydrogen-bond donors (Lipinski definition) is 1. The molecule has 4 fully saturated rings. The maximum Gasteiger partial charge on any atom is 0.220 e. The molecule has 0 saturated heterocycles. The van der Waals surface area contributed by atoms with E-state index in [0.717, 1.165) is 59.9 Å². The zero-order valence-corrected chi connectivity index (χ0v) is 34.9. The molecule has 0 aliphatic heterocycles. The number of fused-ring (bicyclic) bond motifs is 5. The summed E-state index contributed by atoms with van der Waals surface area (Å²) < 4.78 is 1.09. The predicted octanol–water partition coefficient (Wildman–Crippen LogP) is 13.3. The van der Waals surface area contributed by atoms with E-state index < -0.39 is 0 Å². The van der Waals surface area contributed by atoms with Crippen molar-refractivity contribution in [1.82, 2.24) is 5.32 Å². The molecule has 0 heterocycles. The van der Waals surface area contributed by atoms with Crippen LogP contribution in [0.1, 0.15) is 214 Å². The number of carbonyl (C=O) groups is 1. The van der Waals surface area contributed by atoms with Crippen LogP contribution in [0.25, 0.3) is 0 Å². The average Bonchev–Trinajstić information content (AvgIpc) is 3.46. The number of quaternary nitrogens is 1. The van der Waals surface area contributed by atoms with Gasteiger partial charge in [0.1, 0.15) is 0 Å². The van der Waals surface area contributed by atoms with Gasteiger partial charge in [-0.2, -0.15) is 0 Å². The summed E-state index contributed by atoms with van der Waals surface area (Å²) in [4.78, 5) is 12.9. The van der Waals surface area contributed by atoms with E-state index in [4.69, 9.17) is 0 Å². The van der Waals surface area contributed by atoms with Crippen molar-refractivity contribution in [3.63, 3.8) is 0 Å². The maximum absolute atomic E-state index is 12.9. The molecule has 8 atom stereocenters. The molecule has 3 nitrogen and oxygen atoms in total. The first-order valence-electron chi connectivity index (χ1n) is 23.2. The molecule has 4 saturated carbocycles. The Hall–Kier alpha value is -0.570. The topological polar surface area (TPSA) is 29.1 Å². The van der Waals surface area contributed by atoms with Crippen LogP contribution in [0, 0.1) is 46.3 Å². The number of unbranched alkanes of at least 4 members (excludes halogenated alkanes) is 15. The van der Waals surface area contributed by atoms with E-state index in [-0.39, 0.29) is 0 Å². The first-order chi connectivity index (χ1) is 24.1. The second-order valence-electron chi connectivity index (χ2n) is 20.0. The van der Waals surface area contributed by atoms with Crippen LogP contribution in [0.3, 0.4) is 0 Å². The zero-order valence-electron chi connectivity index (χ0n) is 34.9. The third kappa shape index (κ3) is 12.2. The molecule has 4 aliphatic rings. The van der Waals surface area contributed by atoms with Gasteiger partial charge >= 0.3 is 0 Å². The first kappa shape index (κ1) is 42.2. The van der Waals surface area contributed by atoms with E-state index in [1.165, 1.54) is 180 Å². The number of nitrogens with one attached hydrogen (secondary N) is 1. The molecule has 0 aromatic carbocycles. The molecule has 3 heteroatoms. The Morgan fingerprint density at radius 3 is 1.88 bits per heavy atom. The summed E-state index contributed by atoms with van der Waals surface area (Å²) in [5, 5.41) is 3.31. The van der Waals surface area contributed by atoms with E-state index in [1.54, 1.807) is 0 Å². The van der Waals surface area contributed by atoms with Gasteiger partial charge in [-0.3, -0.25) is 4.79 Å². The number of amides is 1. The highest BCUT2D eigenvalue weighted by molar-refractivity contribution is 5.75. The largest absolute Gasteiger partial charge is 0.356 e. The average molecular weight is 698 g/mol. The predicted molar refractivity (Wildman–Crippen MR) is 217 cm³/mol. The normalized spacial score (nSPS) is 31.5. The minimum absolute atomic E-state index is 0.298. The summed E-state index contributed by atoms with van der Waals surface area (Å²) in [6.45, 7) is 13.5. The van der Waals surface area contributed by atoms with Gasteiger partial charge in [-0.25, -0.2) is 0 Å². The van der Waals surface area contributed by atoms with Gasteiger partial charge in [0.2, 0.25) is 5.91 Å². The van der Waals surface area contributed by atoms with Gasteiger partial charge < -0.3 is 9.80 Å². The maximum atomic E-state index is 12.9. The Balaban J connectivity index is 0.993. The minimum Gasteiger partial charge on any atom is -0.356 e. The van der Waals surface area contributed by atoms with E-state index in [9.17, 15) is 4.79 Å². The lowest BCUT2D eigenvalue weighted by Gasteiger charge is -2.61. The van der Waals surface area contributed by atoms with Crippen LogP contribution in [-0.4, -0.2) is 44.1 Å². The van der Waals surface area contributed by atoms with Crippen LogP contribution >= 0.6 is 0 Å². The highest BCUT2D eigenvalue weighted by atomic mass is 16.1. The fourth-order valence-corrected chi connectivity index (χ4v) is 12.9. The summed E-state index contributed by atoms with van der Waals surface area (Å²) in [5.41, 5.74) is 1.16. The van der Waals surface area contributed by atoms with E-state index in [1.807, 2.05) is 0 Å². The lowest BCUT2D eigenvalue weighted by Crippen LogP contribution is -2.53. The van der Waals surface area contributed by atoms with E-state index in [2.05, 4.69) is 47.1 Å². The molecule has 0 aromatic rings. The Bertz CT molecular complexity index is 945. The van der Waals surface area contributed by atoms with Crippen LogP contribution in [0.2, 0.25) is 0 Å². The molecule has 1 unspecified atom stereocenters. The molecule has 0 radical (unpaired) electrons.